The summed E-state index contributed by atoms with van der Waals surface area (Å²) in [5.74, 6) is -1.05. The Hall–Kier alpha value is -1.40. The quantitative estimate of drug-likeness (QED) is 0.853. The van der Waals surface area contributed by atoms with E-state index in [2.05, 4.69) is 5.32 Å². The van der Waals surface area contributed by atoms with Crippen LogP contribution in [0.25, 0.3) is 0 Å². The van der Waals surface area contributed by atoms with Gasteiger partial charge in [0.15, 0.2) is 0 Å². The molecule has 6 heteroatoms. The second-order valence-electron chi connectivity index (χ2n) is 4.32. The smallest absolute Gasteiger partial charge is 0.325 e. The Morgan fingerprint density at radius 2 is 2.33 bits per heavy atom. The van der Waals surface area contributed by atoms with Gasteiger partial charge in [-0.2, -0.15) is 0 Å². The van der Waals surface area contributed by atoms with Gasteiger partial charge < -0.3 is 10.4 Å². The van der Waals surface area contributed by atoms with Gasteiger partial charge in [-0.25, -0.2) is 0 Å². The molecule has 0 bridgehead atoms. The van der Waals surface area contributed by atoms with Crippen molar-refractivity contribution in [3.63, 3.8) is 0 Å². The van der Waals surface area contributed by atoms with Crippen molar-refractivity contribution in [2.45, 2.75) is 25.4 Å². The topological polar surface area (TPSA) is 69.6 Å². The third kappa shape index (κ3) is 2.13. The minimum absolute atomic E-state index is 0.153. The third-order valence-corrected chi connectivity index (χ3v) is 4.36. The van der Waals surface area contributed by atoms with Crippen LogP contribution in [0, 0.1) is 0 Å². The standard InChI is InChI=1S/C12H16N2O3S/c1-7(11(15)13-2)14-5-3-9-8(4-6-18-9)10(14)12(16)17/h4,6-7,10H,3,5H2,1-2H3,(H,13,15)(H,16,17). The number of hydrogen-bond acceptors (Lipinski definition) is 4. The van der Waals surface area contributed by atoms with Crippen molar-refractivity contribution in [2.75, 3.05) is 13.6 Å². The molecule has 2 unspecified atom stereocenters. The number of nitrogens with zero attached hydrogens (tertiary/aromatic N) is 1. The molecule has 1 aliphatic rings. The maximum Gasteiger partial charge on any atom is 0.325 e. The molecule has 0 aliphatic carbocycles. The summed E-state index contributed by atoms with van der Waals surface area (Å²) in [6, 6.07) is 0.693. The first kappa shape index (κ1) is 13.0. The van der Waals surface area contributed by atoms with E-state index in [1.165, 1.54) is 0 Å². The van der Waals surface area contributed by atoms with Crippen LogP contribution in [0.15, 0.2) is 11.4 Å². The molecule has 2 N–H and O–H groups in total. The summed E-state index contributed by atoms with van der Waals surface area (Å²) in [4.78, 5) is 26.0. The fourth-order valence-corrected chi connectivity index (χ4v) is 3.29. The second kappa shape index (κ2) is 5.07. The van der Waals surface area contributed by atoms with Crippen LogP contribution in [-0.4, -0.2) is 41.5 Å². The molecule has 1 amide bonds. The molecule has 5 nitrogen and oxygen atoms in total. The second-order valence-corrected chi connectivity index (χ2v) is 5.32. The fourth-order valence-electron chi connectivity index (χ4n) is 2.39. The number of carboxylic acids is 1. The maximum atomic E-state index is 11.7. The lowest BCUT2D eigenvalue weighted by Gasteiger charge is -2.36. The van der Waals surface area contributed by atoms with E-state index in [0.717, 1.165) is 16.9 Å². The highest BCUT2D eigenvalue weighted by Crippen LogP contribution is 2.34. The number of amides is 1. The van der Waals surface area contributed by atoms with E-state index in [1.54, 1.807) is 30.2 Å². The number of carbonyl (C=O) groups excluding carboxylic acids is 1. The number of aliphatic carboxylic acids is 1. The highest BCUT2D eigenvalue weighted by Gasteiger charge is 2.38. The largest absolute Gasteiger partial charge is 0.480 e. The van der Waals surface area contributed by atoms with Crippen molar-refractivity contribution in [2.24, 2.45) is 0 Å². The highest BCUT2D eigenvalue weighted by atomic mass is 32.1. The van der Waals surface area contributed by atoms with Crippen LogP contribution in [0.3, 0.4) is 0 Å². The van der Waals surface area contributed by atoms with Crippen LogP contribution >= 0.6 is 11.3 Å². The van der Waals surface area contributed by atoms with Gasteiger partial charge in [-0.3, -0.25) is 14.5 Å². The molecule has 1 aromatic rings. The van der Waals surface area contributed by atoms with Crippen molar-refractivity contribution >= 4 is 23.2 Å². The average Bonchev–Trinajstić information content (AvgIpc) is 2.83. The number of thiophene rings is 1. The highest BCUT2D eigenvalue weighted by molar-refractivity contribution is 7.10. The van der Waals surface area contributed by atoms with E-state index >= 15 is 0 Å². The van der Waals surface area contributed by atoms with Crippen molar-refractivity contribution in [1.29, 1.82) is 0 Å². The van der Waals surface area contributed by atoms with Crippen LogP contribution in [0.1, 0.15) is 23.4 Å². The minimum atomic E-state index is -0.898. The van der Waals surface area contributed by atoms with Crippen LogP contribution in [0.5, 0.6) is 0 Å². The molecule has 98 valence electrons. The predicted molar refractivity (Wildman–Crippen MR) is 68.6 cm³/mol. The molecule has 0 radical (unpaired) electrons. The van der Waals surface area contributed by atoms with Crippen LogP contribution < -0.4 is 5.32 Å². The Labute approximate surface area is 109 Å². The lowest BCUT2D eigenvalue weighted by molar-refractivity contribution is -0.146. The molecule has 0 saturated carbocycles. The van der Waals surface area contributed by atoms with Gasteiger partial charge in [-0.05, 0) is 30.4 Å². The zero-order valence-corrected chi connectivity index (χ0v) is 11.2. The number of carboxylic acid groups (broad SMARTS) is 1. The van der Waals surface area contributed by atoms with E-state index in [0.29, 0.717) is 6.54 Å². The zero-order valence-electron chi connectivity index (χ0n) is 10.3. The first-order valence-corrected chi connectivity index (χ1v) is 6.70. The molecular weight excluding hydrogens is 252 g/mol. The number of fused-ring (bicyclic) bond motifs is 1. The van der Waals surface area contributed by atoms with Crippen molar-refractivity contribution < 1.29 is 14.7 Å². The molecule has 1 aromatic heterocycles. The summed E-state index contributed by atoms with van der Waals surface area (Å²) >= 11 is 1.58. The van der Waals surface area contributed by atoms with Gasteiger partial charge in [0.2, 0.25) is 5.91 Å². The van der Waals surface area contributed by atoms with Gasteiger partial charge in [-0.15, -0.1) is 11.3 Å². The predicted octanol–water partition coefficient (Wildman–Crippen LogP) is 0.866. The molecule has 1 aliphatic heterocycles. The number of hydrogen-bond donors (Lipinski definition) is 2. The van der Waals surface area contributed by atoms with Crippen LogP contribution in [0.4, 0.5) is 0 Å². The van der Waals surface area contributed by atoms with Crippen LogP contribution in [-0.2, 0) is 16.0 Å². The van der Waals surface area contributed by atoms with E-state index in [1.807, 2.05) is 11.4 Å². The lowest BCUT2D eigenvalue weighted by Crippen LogP contribution is -2.50. The molecule has 18 heavy (non-hydrogen) atoms. The first-order valence-electron chi connectivity index (χ1n) is 5.82. The van der Waals surface area contributed by atoms with E-state index < -0.39 is 18.1 Å². The zero-order chi connectivity index (χ0) is 13.3. The summed E-state index contributed by atoms with van der Waals surface area (Å²) < 4.78 is 0. The van der Waals surface area contributed by atoms with Crippen LogP contribution in [0.2, 0.25) is 0 Å². The monoisotopic (exact) mass is 268 g/mol. The first-order chi connectivity index (χ1) is 8.56. The van der Waals surface area contributed by atoms with Gasteiger partial charge in [0.05, 0.1) is 6.04 Å². The Morgan fingerprint density at radius 1 is 1.61 bits per heavy atom. The van der Waals surface area contributed by atoms with E-state index in [9.17, 15) is 14.7 Å². The number of carbonyl (C=O) groups is 2. The number of likely N-dealkylation sites (N-methyl/N-ethyl adjacent to an activating group) is 1. The van der Waals surface area contributed by atoms with E-state index in [-0.39, 0.29) is 5.91 Å². The van der Waals surface area contributed by atoms with Crippen molar-refractivity contribution in [3.8, 4) is 0 Å². The summed E-state index contributed by atoms with van der Waals surface area (Å²) in [5, 5.41) is 13.9. The third-order valence-electron chi connectivity index (χ3n) is 3.36. The van der Waals surface area contributed by atoms with Gasteiger partial charge in [0.1, 0.15) is 6.04 Å². The molecular formula is C12H16N2O3S. The molecule has 0 spiro atoms. The van der Waals surface area contributed by atoms with E-state index in [4.69, 9.17) is 0 Å². The van der Waals surface area contributed by atoms with Gasteiger partial charge in [0.25, 0.3) is 0 Å². The molecule has 2 atom stereocenters. The summed E-state index contributed by atoms with van der Waals surface area (Å²) in [5.41, 5.74) is 0.828. The number of nitrogens with one attached hydrogen (secondary N) is 1. The summed E-state index contributed by atoms with van der Waals surface area (Å²) in [6.07, 6.45) is 0.804. The Bertz CT molecular complexity index is 472. The van der Waals surface area contributed by atoms with Crippen molar-refractivity contribution in [3.05, 3.63) is 21.9 Å². The number of rotatable bonds is 3. The minimum Gasteiger partial charge on any atom is -0.480 e. The fraction of sp³-hybridized carbons (Fsp3) is 0.500. The summed E-state index contributed by atoms with van der Waals surface area (Å²) in [6.45, 7) is 2.34. The normalized spacial score (nSPS) is 21.1. The Morgan fingerprint density at radius 3 is 2.94 bits per heavy atom. The molecule has 0 aromatic carbocycles. The Balaban J connectivity index is 2.32. The average molecular weight is 268 g/mol. The van der Waals surface area contributed by atoms with Gasteiger partial charge >= 0.3 is 5.97 Å². The Kier molecular flexibility index (Phi) is 3.68. The molecule has 2 heterocycles. The van der Waals surface area contributed by atoms with Crippen molar-refractivity contribution in [1.82, 2.24) is 10.2 Å². The van der Waals surface area contributed by atoms with Gasteiger partial charge in [-0.1, -0.05) is 0 Å². The SMILES string of the molecule is CNC(=O)C(C)N1CCc2sccc2C1C(=O)O. The summed E-state index contributed by atoms with van der Waals surface area (Å²) in [7, 11) is 1.56. The maximum absolute atomic E-state index is 11.7. The molecule has 0 fully saturated rings. The molecule has 2 rings (SSSR count). The molecule has 0 saturated heterocycles. The van der Waals surface area contributed by atoms with Gasteiger partial charge in [0, 0.05) is 18.5 Å². The lowest BCUT2D eigenvalue weighted by atomic mass is 9.98.